The van der Waals surface area contributed by atoms with Gasteiger partial charge in [0.25, 0.3) is 5.91 Å². The van der Waals surface area contributed by atoms with Gasteiger partial charge in [-0.2, -0.15) is 0 Å². The third-order valence-corrected chi connectivity index (χ3v) is 3.48. The van der Waals surface area contributed by atoms with E-state index < -0.39 is 6.10 Å². The fourth-order valence-electron chi connectivity index (χ4n) is 1.35. The van der Waals surface area contributed by atoms with E-state index in [2.05, 4.69) is 31.4 Å². The van der Waals surface area contributed by atoms with Crippen molar-refractivity contribution in [2.24, 2.45) is 0 Å². The lowest BCUT2D eigenvalue weighted by molar-refractivity contribution is -0.122. The van der Waals surface area contributed by atoms with Gasteiger partial charge in [0.05, 0.1) is 0 Å². The highest BCUT2D eigenvalue weighted by Crippen LogP contribution is 2.19. The molecule has 0 unspecified atom stereocenters. The number of rotatable bonds is 4. The Labute approximate surface area is 123 Å². The number of carbonyl (C=O) groups is 1. The number of aromatic nitrogens is 2. The topological polar surface area (TPSA) is 64.1 Å². The van der Waals surface area contributed by atoms with Crippen molar-refractivity contribution in [2.75, 3.05) is 5.32 Å². The van der Waals surface area contributed by atoms with E-state index in [9.17, 15) is 4.79 Å². The zero-order valence-electron chi connectivity index (χ0n) is 10.4. The standard InChI is InChI=1S/C12H12BrN3O2S/c1-7(18-10-5-3-4-9(13)6-10)11(17)14-12-16-15-8(2)19-12/h3-7H,1-2H3,(H,14,16,17)/t7-/m0/s1. The van der Waals surface area contributed by atoms with Crippen LogP contribution in [0, 0.1) is 6.92 Å². The van der Waals surface area contributed by atoms with E-state index in [1.54, 1.807) is 19.1 Å². The van der Waals surface area contributed by atoms with E-state index in [1.807, 2.05) is 19.1 Å². The average Bonchev–Trinajstić information content (AvgIpc) is 2.74. The number of nitrogens with zero attached hydrogens (tertiary/aromatic N) is 2. The van der Waals surface area contributed by atoms with Crippen LogP contribution in [0.15, 0.2) is 28.7 Å². The smallest absolute Gasteiger partial charge is 0.266 e. The molecule has 0 saturated heterocycles. The van der Waals surface area contributed by atoms with Crippen LogP contribution >= 0.6 is 27.3 Å². The maximum absolute atomic E-state index is 11.9. The number of halogens is 1. The lowest BCUT2D eigenvalue weighted by atomic mass is 10.3. The maximum atomic E-state index is 11.9. The molecule has 1 aromatic heterocycles. The Bertz CT molecular complexity index is 588. The number of anilines is 1. The molecule has 1 atom stereocenters. The fourth-order valence-corrected chi connectivity index (χ4v) is 2.33. The van der Waals surface area contributed by atoms with Crippen LogP contribution in [-0.4, -0.2) is 22.2 Å². The van der Waals surface area contributed by atoms with Gasteiger partial charge in [0.1, 0.15) is 10.8 Å². The van der Waals surface area contributed by atoms with Crippen molar-refractivity contribution in [1.82, 2.24) is 10.2 Å². The van der Waals surface area contributed by atoms with E-state index in [1.165, 1.54) is 11.3 Å². The number of amides is 1. The van der Waals surface area contributed by atoms with E-state index in [0.29, 0.717) is 10.9 Å². The van der Waals surface area contributed by atoms with Crippen molar-refractivity contribution in [3.8, 4) is 5.75 Å². The number of hydrogen-bond acceptors (Lipinski definition) is 5. The van der Waals surface area contributed by atoms with Crippen LogP contribution in [0.25, 0.3) is 0 Å². The van der Waals surface area contributed by atoms with Crippen LogP contribution < -0.4 is 10.1 Å². The molecule has 2 rings (SSSR count). The third-order valence-electron chi connectivity index (χ3n) is 2.23. The second-order valence-electron chi connectivity index (χ2n) is 3.83. The van der Waals surface area contributed by atoms with Gasteiger partial charge in [0, 0.05) is 4.47 Å². The van der Waals surface area contributed by atoms with Crippen molar-refractivity contribution < 1.29 is 9.53 Å². The quantitative estimate of drug-likeness (QED) is 0.928. The Morgan fingerprint density at radius 3 is 2.89 bits per heavy atom. The zero-order chi connectivity index (χ0) is 13.8. The van der Waals surface area contributed by atoms with Crippen LogP contribution in [0.2, 0.25) is 0 Å². The molecule has 100 valence electrons. The summed E-state index contributed by atoms with van der Waals surface area (Å²) in [4.78, 5) is 11.9. The maximum Gasteiger partial charge on any atom is 0.266 e. The minimum atomic E-state index is -0.612. The van der Waals surface area contributed by atoms with Gasteiger partial charge >= 0.3 is 0 Å². The molecule has 0 bridgehead atoms. The summed E-state index contributed by atoms with van der Waals surface area (Å²) >= 11 is 4.67. The summed E-state index contributed by atoms with van der Waals surface area (Å²) in [6.07, 6.45) is -0.612. The predicted octanol–water partition coefficient (Wildman–Crippen LogP) is 3.02. The van der Waals surface area contributed by atoms with Crippen LogP contribution in [0.5, 0.6) is 5.75 Å². The molecule has 5 nitrogen and oxygen atoms in total. The van der Waals surface area contributed by atoms with Gasteiger partial charge < -0.3 is 4.74 Å². The molecule has 0 aliphatic rings. The number of carbonyl (C=O) groups excluding carboxylic acids is 1. The lowest BCUT2D eigenvalue weighted by Gasteiger charge is -2.13. The molecule has 19 heavy (non-hydrogen) atoms. The van der Waals surface area contributed by atoms with Gasteiger partial charge in [-0.05, 0) is 32.0 Å². The second-order valence-corrected chi connectivity index (χ2v) is 5.93. The molecule has 1 aromatic carbocycles. The Hall–Kier alpha value is -1.47. The van der Waals surface area contributed by atoms with E-state index >= 15 is 0 Å². The Morgan fingerprint density at radius 1 is 1.47 bits per heavy atom. The molecule has 1 heterocycles. The fraction of sp³-hybridized carbons (Fsp3) is 0.250. The van der Waals surface area contributed by atoms with E-state index in [-0.39, 0.29) is 5.91 Å². The van der Waals surface area contributed by atoms with Crippen LogP contribution in [0.4, 0.5) is 5.13 Å². The molecule has 0 spiro atoms. The van der Waals surface area contributed by atoms with Crippen molar-refractivity contribution in [1.29, 1.82) is 0 Å². The number of hydrogen-bond donors (Lipinski definition) is 1. The Morgan fingerprint density at radius 2 is 2.26 bits per heavy atom. The molecule has 1 N–H and O–H groups in total. The number of aryl methyl sites for hydroxylation is 1. The molecule has 0 radical (unpaired) electrons. The van der Waals surface area contributed by atoms with Crippen molar-refractivity contribution in [3.05, 3.63) is 33.7 Å². The molecule has 0 aliphatic heterocycles. The highest BCUT2D eigenvalue weighted by atomic mass is 79.9. The zero-order valence-corrected chi connectivity index (χ0v) is 12.8. The highest BCUT2D eigenvalue weighted by Gasteiger charge is 2.16. The molecule has 0 fully saturated rings. The number of benzene rings is 1. The molecule has 0 saturated carbocycles. The monoisotopic (exact) mass is 341 g/mol. The largest absolute Gasteiger partial charge is 0.481 e. The average molecular weight is 342 g/mol. The first kappa shape index (κ1) is 14.0. The van der Waals surface area contributed by atoms with Crippen molar-refractivity contribution in [3.63, 3.8) is 0 Å². The third kappa shape index (κ3) is 4.00. The SMILES string of the molecule is Cc1nnc(NC(=O)[C@H](C)Oc2cccc(Br)c2)s1. The summed E-state index contributed by atoms with van der Waals surface area (Å²) in [6, 6.07) is 7.34. The lowest BCUT2D eigenvalue weighted by Crippen LogP contribution is -2.30. The minimum Gasteiger partial charge on any atom is -0.481 e. The van der Waals surface area contributed by atoms with Gasteiger partial charge in [0.15, 0.2) is 6.10 Å². The molecule has 0 aliphatic carbocycles. The van der Waals surface area contributed by atoms with Gasteiger partial charge in [-0.3, -0.25) is 10.1 Å². The molecule has 2 aromatic rings. The summed E-state index contributed by atoms with van der Waals surface area (Å²) < 4.78 is 6.45. The summed E-state index contributed by atoms with van der Waals surface area (Å²) in [7, 11) is 0. The van der Waals surface area contributed by atoms with Gasteiger partial charge in [-0.1, -0.05) is 33.3 Å². The van der Waals surface area contributed by atoms with Gasteiger partial charge in [-0.15, -0.1) is 10.2 Å². The van der Waals surface area contributed by atoms with E-state index in [0.717, 1.165) is 9.48 Å². The van der Waals surface area contributed by atoms with Crippen LogP contribution in [-0.2, 0) is 4.79 Å². The van der Waals surface area contributed by atoms with Crippen LogP contribution in [0.3, 0.4) is 0 Å². The summed E-state index contributed by atoms with van der Waals surface area (Å²) in [5.41, 5.74) is 0. The number of ether oxygens (including phenoxy) is 1. The molecule has 1 amide bonds. The first-order valence-corrected chi connectivity index (χ1v) is 7.19. The Balaban J connectivity index is 1.96. The van der Waals surface area contributed by atoms with Gasteiger partial charge in [-0.25, -0.2) is 0 Å². The summed E-state index contributed by atoms with van der Waals surface area (Å²) in [6.45, 7) is 3.51. The van der Waals surface area contributed by atoms with E-state index in [4.69, 9.17) is 4.74 Å². The normalized spacial score (nSPS) is 11.9. The predicted molar refractivity (Wildman–Crippen MR) is 77.5 cm³/mol. The molecular weight excluding hydrogens is 330 g/mol. The van der Waals surface area contributed by atoms with Crippen LogP contribution in [0.1, 0.15) is 11.9 Å². The van der Waals surface area contributed by atoms with Crippen molar-refractivity contribution in [2.45, 2.75) is 20.0 Å². The highest BCUT2D eigenvalue weighted by molar-refractivity contribution is 9.10. The minimum absolute atomic E-state index is 0.254. The summed E-state index contributed by atoms with van der Waals surface area (Å²) in [5, 5.41) is 11.6. The first-order chi connectivity index (χ1) is 9.04. The van der Waals surface area contributed by atoms with Gasteiger partial charge in [0.2, 0.25) is 5.13 Å². The number of nitrogens with one attached hydrogen (secondary N) is 1. The Kier molecular flexibility index (Phi) is 4.49. The molecule has 7 heteroatoms. The second kappa shape index (κ2) is 6.12. The first-order valence-electron chi connectivity index (χ1n) is 5.58. The summed E-state index contributed by atoms with van der Waals surface area (Å²) in [5.74, 6) is 0.376. The molecular formula is C12H12BrN3O2S. The van der Waals surface area contributed by atoms with Crippen molar-refractivity contribution >= 4 is 38.3 Å².